The van der Waals surface area contributed by atoms with Crippen LogP contribution in [-0.2, 0) is 16.6 Å². The standard InChI is InChI=1S/C25H27FN2O4S/c1-18-5-4-6-24(19(18)2)32-16-15-27-25(29)21-9-13-23(14-10-21)28(33(3,30)31)17-20-7-11-22(26)12-8-20/h4-14H,15-17H2,1-3H3,(H,27,29). The predicted octanol–water partition coefficient (Wildman–Crippen LogP) is 4.22. The fourth-order valence-electron chi connectivity index (χ4n) is 3.24. The van der Waals surface area contributed by atoms with E-state index in [1.807, 2.05) is 32.0 Å². The maximum atomic E-state index is 13.2. The maximum Gasteiger partial charge on any atom is 0.251 e. The van der Waals surface area contributed by atoms with Gasteiger partial charge in [0.05, 0.1) is 25.0 Å². The third-order valence-corrected chi connectivity index (χ3v) is 6.40. The smallest absolute Gasteiger partial charge is 0.251 e. The number of amides is 1. The van der Waals surface area contributed by atoms with Gasteiger partial charge in [0.2, 0.25) is 10.0 Å². The van der Waals surface area contributed by atoms with Crippen LogP contribution in [0.1, 0.15) is 27.0 Å². The normalized spacial score (nSPS) is 11.2. The van der Waals surface area contributed by atoms with Gasteiger partial charge in [-0.15, -0.1) is 0 Å². The Bertz CT molecular complexity index is 1210. The first kappa shape index (κ1) is 24.3. The molecule has 0 unspecified atom stereocenters. The molecule has 0 aliphatic carbocycles. The zero-order valence-corrected chi connectivity index (χ0v) is 19.7. The molecule has 0 saturated carbocycles. The van der Waals surface area contributed by atoms with Gasteiger partial charge in [-0.3, -0.25) is 9.10 Å². The van der Waals surface area contributed by atoms with E-state index in [4.69, 9.17) is 4.74 Å². The van der Waals surface area contributed by atoms with Gasteiger partial charge in [-0.05, 0) is 73.0 Å². The lowest BCUT2D eigenvalue weighted by Gasteiger charge is -2.22. The van der Waals surface area contributed by atoms with Gasteiger partial charge >= 0.3 is 0 Å². The number of benzene rings is 3. The Morgan fingerprint density at radius 1 is 1.00 bits per heavy atom. The van der Waals surface area contributed by atoms with Gasteiger partial charge in [0.1, 0.15) is 18.2 Å². The summed E-state index contributed by atoms with van der Waals surface area (Å²) >= 11 is 0. The first-order valence-corrected chi connectivity index (χ1v) is 12.3. The van der Waals surface area contributed by atoms with Crippen LogP contribution in [0, 0.1) is 19.7 Å². The van der Waals surface area contributed by atoms with Crippen molar-refractivity contribution in [3.63, 3.8) is 0 Å². The van der Waals surface area contributed by atoms with E-state index in [2.05, 4.69) is 5.32 Å². The number of nitrogens with zero attached hydrogens (tertiary/aromatic N) is 1. The van der Waals surface area contributed by atoms with Crippen LogP contribution in [-0.4, -0.2) is 33.7 Å². The highest BCUT2D eigenvalue weighted by atomic mass is 32.2. The van der Waals surface area contributed by atoms with Crippen LogP contribution in [0.3, 0.4) is 0 Å². The lowest BCUT2D eigenvalue weighted by Crippen LogP contribution is -2.30. The van der Waals surface area contributed by atoms with E-state index < -0.39 is 10.0 Å². The van der Waals surface area contributed by atoms with Crippen LogP contribution in [0.25, 0.3) is 0 Å². The van der Waals surface area contributed by atoms with E-state index in [1.165, 1.54) is 28.6 Å². The van der Waals surface area contributed by atoms with Crippen LogP contribution < -0.4 is 14.4 Å². The number of anilines is 1. The van der Waals surface area contributed by atoms with E-state index in [-0.39, 0.29) is 18.3 Å². The Hall–Kier alpha value is -3.39. The predicted molar refractivity (Wildman–Crippen MR) is 128 cm³/mol. The summed E-state index contributed by atoms with van der Waals surface area (Å²) in [6.07, 6.45) is 1.10. The molecule has 3 rings (SSSR count). The van der Waals surface area contributed by atoms with Gasteiger partial charge in [-0.25, -0.2) is 12.8 Å². The summed E-state index contributed by atoms with van der Waals surface area (Å²) in [5.41, 5.74) is 3.67. The van der Waals surface area contributed by atoms with E-state index >= 15 is 0 Å². The molecule has 0 aliphatic rings. The number of carbonyl (C=O) groups is 1. The second-order valence-electron chi connectivity index (χ2n) is 7.75. The lowest BCUT2D eigenvalue weighted by molar-refractivity contribution is 0.0947. The molecule has 0 bridgehead atoms. The zero-order valence-electron chi connectivity index (χ0n) is 18.8. The maximum absolute atomic E-state index is 13.2. The summed E-state index contributed by atoms with van der Waals surface area (Å²) < 4.78 is 44.7. The molecule has 0 heterocycles. The third-order valence-electron chi connectivity index (χ3n) is 5.26. The van der Waals surface area contributed by atoms with Gasteiger partial charge in [-0.1, -0.05) is 24.3 Å². The summed E-state index contributed by atoms with van der Waals surface area (Å²) in [4.78, 5) is 12.4. The number of aryl methyl sites for hydroxylation is 1. The Balaban J connectivity index is 1.60. The van der Waals surface area contributed by atoms with Crippen molar-refractivity contribution in [3.05, 3.63) is 94.8 Å². The van der Waals surface area contributed by atoms with Gasteiger partial charge in [0.15, 0.2) is 0 Å². The number of hydrogen-bond donors (Lipinski definition) is 1. The third kappa shape index (κ3) is 6.55. The first-order valence-electron chi connectivity index (χ1n) is 10.4. The first-order chi connectivity index (χ1) is 15.6. The molecule has 8 heteroatoms. The van der Waals surface area contributed by atoms with Crippen LogP contribution >= 0.6 is 0 Å². The molecule has 3 aromatic carbocycles. The van der Waals surface area contributed by atoms with E-state index in [0.29, 0.717) is 30.0 Å². The minimum atomic E-state index is -3.59. The number of sulfonamides is 1. The second-order valence-corrected chi connectivity index (χ2v) is 9.65. The Labute approximate surface area is 194 Å². The Morgan fingerprint density at radius 3 is 2.30 bits per heavy atom. The average molecular weight is 471 g/mol. The molecule has 33 heavy (non-hydrogen) atoms. The molecule has 174 valence electrons. The number of rotatable bonds is 9. The molecule has 0 fully saturated rings. The second kappa shape index (κ2) is 10.5. The fourth-order valence-corrected chi connectivity index (χ4v) is 4.13. The van der Waals surface area contributed by atoms with Crippen molar-refractivity contribution in [1.29, 1.82) is 0 Å². The number of ether oxygens (including phenoxy) is 1. The number of nitrogens with one attached hydrogen (secondary N) is 1. The molecule has 0 atom stereocenters. The number of halogens is 1. The van der Waals surface area contributed by atoms with Crippen LogP contribution in [0.2, 0.25) is 0 Å². The molecule has 0 aliphatic heterocycles. The van der Waals surface area contributed by atoms with Crippen molar-refractivity contribution in [2.75, 3.05) is 23.7 Å². The molecule has 1 N–H and O–H groups in total. The SMILES string of the molecule is Cc1cccc(OCCNC(=O)c2ccc(N(Cc3ccc(F)cc3)S(C)(=O)=O)cc2)c1C. The monoisotopic (exact) mass is 470 g/mol. The van der Waals surface area contributed by atoms with Gasteiger partial charge in [0.25, 0.3) is 5.91 Å². The highest BCUT2D eigenvalue weighted by molar-refractivity contribution is 7.92. The van der Waals surface area contributed by atoms with Crippen LogP contribution in [0.4, 0.5) is 10.1 Å². The summed E-state index contributed by atoms with van der Waals surface area (Å²) in [5.74, 6) is 0.116. The summed E-state index contributed by atoms with van der Waals surface area (Å²) in [7, 11) is -3.59. The van der Waals surface area contributed by atoms with Crippen molar-refractivity contribution < 1.29 is 22.3 Å². The molecule has 3 aromatic rings. The lowest BCUT2D eigenvalue weighted by atomic mass is 10.1. The molecule has 1 amide bonds. The van der Waals surface area contributed by atoms with Crippen LogP contribution in [0.5, 0.6) is 5.75 Å². The van der Waals surface area contributed by atoms with Gasteiger partial charge in [-0.2, -0.15) is 0 Å². The average Bonchev–Trinajstić information content (AvgIpc) is 2.78. The molecule has 0 saturated heterocycles. The Kier molecular flexibility index (Phi) is 7.71. The summed E-state index contributed by atoms with van der Waals surface area (Å²) in [6.45, 7) is 4.71. The van der Waals surface area contributed by atoms with Gasteiger partial charge < -0.3 is 10.1 Å². The largest absolute Gasteiger partial charge is 0.491 e. The highest BCUT2D eigenvalue weighted by Crippen LogP contribution is 2.22. The van der Waals surface area contributed by atoms with Crippen molar-refractivity contribution in [1.82, 2.24) is 5.32 Å². The molecular weight excluding hydrogens is 443 g/mol. The van der Waals surface area contributed by atoms with E-state index in [0.717, 1.165) is 23.1 Å². The number of hydrogen-bond acceptors (Lipinski definition) is 4. The van der Waals surface area contributed by atoms with Crippen molar-refractivity contribution in [3.8, 4) is 5.75 Å². The molecular formula is C25H27FN2O4S. The van der Waals surface area contributed by atoms with Gasteiger partial charge in [0, 0.05) is 5.56 Å². The zero-order chi connectivity index (χ0) is 24.0. The minimum absolute atomic E-state index is 0.0559. The quantitative estimate of drug-likeness (QED) is 0.475. The van der Waals surface area contributed by atoms with E-state index in [1.54, 1.807) is 24.3 Å². The fraction of sp³-hybridized carbons (Fsp3) is 0.240. The van der Waals surface area contributed by atoms with E-state index in [9.17, 15) is 17.6 Å². The van der Waals surface area contributed by atoms with Crippen molar-refractivity contribution in [2.24, 2.45) is 0 Å². The Morgan fingerprint density at radius 2 is 1.67 bits per heavy atom. The summed E-state index contributed by atoms with van der Waals surface area (Å²) in [5, 5.41) is 2.80. The molecule has 0 spiro atoms. The molecule has 0 radical (unpaired) electrons. The minimum Gasteiger partial charge on any atom is -0.491 e. The summed E-state index contributed by atoms with van der Waals surface area (Å²) in [6, 6.07) is 17.8. The van der Waals surface area contributed by atoms with Crippen molar-refractivity contribution >= 4 is 21.6 Å². The number of carbonyl (C=O) groups excluding carboxylic acids is 1. The molecule has 0 aromatic heterocycles. The van der Waals surface area contributed by atoms with Crippen LogP contribution in [0.15, 0.2) is 66.7 Å². The van der Waals surface area contributed by atoms with Crippen molar-refractivity contribution in [2.45, 2.75) is 20.4 Å². The topological polar surface area (TPSA) is 75.7 Å². The highest BCUT2D eigenvalue weighted by Gasteiger charge is 2.18. The molecule has 6 nitrogen and oxygen atoms in total.